The number of thiazole rings is 1. The molecule has 0 saturated heterocycles. The van der Waals surface area contributed by atoms with Gasteiger partial charge in [-0.2, -0.15) is 0 Å². The summed E-state index contributed by atoms with van der Waals surface area (Å²) < 4.78 is 6.13. The van der Waals surface area contributed by atoms with Gasteiger partial charge in [-0.25, -0.2) is 4.98 Å². The highest BCUT2D eigenvalue weighted by Gasteiger charge is 2.17. The highest BCUT2D eigenvalue weighted by atomic mass is 35.5. The highest BCUT2D eigenvalue weighted by Crippen LogP contribution is 2.27. The number of benzene rings is 2. The van der Waals surface area contributed by atoms with Crippen LogP contribution in [-0.2, 0) is 4.79 Å². The van der Waals surface area contributed by atoms with Crippen molar-refractivity contribution in [3.63, 3.8) is 0 Å². The standard InChI is InChI=1S/C18H16ClN3O3S/c1-22(18(24)11-3-5-13-16(7-11)26-10-20-13)9-17(23)21-14-8-12(19)4-6-15(14)25-2/h3-8,10H,9H2,1-2H3,(H,21,23). The molecule has 3 rings (SSSR count). The Kier molecular flexibility index (Phi) is 5.39. The number of hydrogen-bond acceptors (Lipinski definition) is 5. The predicted octanol–water partition coefficient (Wildman–Crippen LogP) is 3.67. The number of aromatic nitrogens is 1. The Hall–Kier alpha value is -2.64. The molecule has 2 aromatic carbocycles. The van der Waals surface area contributed by atoms with Crippen LogP contribution in [0.2, 0.25) is 5.02 Å². The summed E-state index contributed by atoms with van der Waals surface area (Å²) in [6.45, 7) is -0.102. The lowest BCUT2D eigenvalue weighted by Crippen LogP contribution is -2.35. The number of halogens is 1. The fourth-order valence-electron chi connectivity index (χ4n) is 2.46. The number of anilines is 1. The number of nitrogens with zero attached hydrogens (tertiary/aromatic N) is 2. The Labute approximate surface area is 159 Å². The van der Waals surface area contributed by atoms with Gasteiger partial charge in [-0.3, -0.25) is 9.59 Å². The minimum Gasteiger partial charge on any atom is -0.495 e. The first kappa shape index (κ1) is 18.2. The molecule has 1 aromatic heterocycles. The van der Waals surface area contributed by atoms with E-state index in [-0.39, 0.29) is 18.4 Å². The number of carbonyl (C=O) groups excluding carboxylic acids is 2. The van der Waals surface area contributed by atoms with E-state index in [4.69, 9.17) is 16.3 Å². The van der Waals surface area contributed by atoms with Crippen LogP contribution in [-0.4, -0.2) is 42.4 Å². The van der Waals surface area contributed by atoms with Gasteiger partial charge in [0.25, 0.3) is 5.91 Å². The fourth-order valence-corrected chi connectivity index (χ4v) is 3.35. The summed E-state index contributed by atoms with van der Waals surface area (Å²) in [4.78, 5) is 30.4. The topological polar surface area (TPSA) is 71.5 Å². The minimum absolute atomic E-state index is 0.102. The van der Waals surface area contributed by atoms with Crippen molar-refractivity contribution in [2.24, 2.45) is 0 Å². The second-order valence-electron chi connectivity index (χ2n) is 5.59. The number of ether oxygens (including phenoxy) is 1. The van der Waals surface area contributed by atoms with E-state index in [0.29, 0.717) is 22.0 Å². The van der Waals surface area contributed by atoms with E-state index in [2.05, 4.69) is 10.3 Å². The lowest BCUT2D eigenvalue weighted by Gasteiger charge is -2.17. The molecule has 0 spiro atoms. The summed E-state index contributed by atoms with van der Waals surface area (Å²) in [6.07, 6.45) is 0. The summed E-state index contributed by atoms with van der Waals surface area (Å²) in [6, 6.07) is 10.2. The number of likely N-dealkylation sites (N-methyl/N-ethyl adjacent to an activating group) is 1. The monoisotopic (exact) mass is 389 g/mol. The van der Waals surface area contributed by atoms with Crippen molar-refractivity contribution in [1.82, 2.24) is 9.88 Å². The molecule has 0 aliphatic heterocycles. The van der Waals surface area contributed by atoms with Crippen molar-refractivity contribution < 1.29 is 14.3 Å². The van der Waals surface area contributed by atoms with Crippen LogP contribution in [0.15, 0.2) is 41.9 Å². The van der Waals surface area contributed by atoms with Crippen LogP contribution in [0.1, 0.15) is 10.4 Å². The molecule has 134 valence electrons. The van der Waals surface area contributed by atoms with Crippen LogP contribution >= 0.6 is 22.9 Å². The smallest absolute Gasteiger partial charge is 0.254 e. The van der Waals surface area contributed by atoms with Crippen LogP contribution in [0.5, 0.6) is 5.75 Å². The molecule has 0 atom stereocenters. The van der Waals surface area contributed by atoms with Gasteiger partial charge in [-0.15, -0.1) is 11.3 Å². The van der Waals surface area contributed by atoms with E-state index in [1.54, 1.807) is 49.0 Å². The maximum absolute atomic E-state index is 12.6. The van der Waals surface area contributed by atoms with Crippen molar-refractivity contribution in [2.75, 3.05) is 26.0 Å². The first-order valence-electron chi connectivity index (χ1n) is 7.70. The van der Waals surface area contributed by atoms with Gasteiger partial charge >= 0.3 is 0 Å². The minimum atomic E-state index is -0.347. The van der Waals surface area contributed by atoms with Gasteiger partial charge in [0.15, 0.2) is 0 Å². The van der Waals surface area contributed by atoms with Crippen molar-refractivity contribution in [2.45, 2.75) is 0 Å². The van der Waals surface area contributed by atoms with Gasteiger partial charge in [-0.05, 0) is 36.4 Å². The first-order chi connectivity index (χ1) is 12.5. The molecule has 8 heteroatoms. The molecule has 0 fully saturated rings. The molecule has 1 N–H and O–H groups in total. The van der Waals surface area contributed by atoms with Crippen molar-refractivity contribution in [3.05, 3.63) is 52.5 Å². The summed E-state index contributed by atoms with van der Waals surface area (Å²) in [7, 11) is 3.08. The third-order valence-corrected chi connectivity index (χ3v) is 4.77. The quantitative estimate of drug-likeness (QED) is 0.722. The van der Waals surface area contributed by atoms with Crippen LogP contribution in [0.4, 0.5) is 5.69 Å². The summed E-state index contributed by atoms with van der Waals surface area (Å²) in [5, 5.41) is 3.19. The molecule has 0 unspecified atom stereocenters. The second kappa shape index (κ2) is 7.72. The molecule has 6 nitrogen and oxygen atoms in total. The zero-order valence-electron chi connectivity index (χ0n) is 14.2. The van der Waals surface area contributed by atoms with E-state index >= 15 is 0 Å². The van der Waals surface area contributed by atoms with E-state index in [1.165, 1.54) is 23.3 Å². The summed E-state index contributed by atoms with van der Waals surface area (Å²) in [5.74, 6) is -0.0961. The molecule has 0 aliphatic rings. The second-order valence-corrected chi connectivity index (χ2v) is 6.91. The third-order valence-electron chi connectivity index (χ3n) is 3.74. The van der Waals surface area contributed by atoms with E-state index in [1.807, 2.05) is 0 Å². The lowest BCUT2D eigenvalue weighted by molar-refractivity contribution is -0.116. The zero-order chi connectivity index (χ0) is 18.7. The van der Waals surface area contributed by atoms with E-state index in [0.717, 1.165) is 10.2 Å². The number of fused-ring (bicyclic) bond motifs is 1. The average Bonchev–Trinajstić information content (AvgIpc) is 3.08. The predicted molar refractivity (Wildman–Crippen MR) is 103 cm³/mol. The molecular formula is C18H16ClN3O3S. The lowest BCUT2D eigenvalue weighted by atomic mass is 10.2. The van der Waals surface area contributed by atoms with Crippen molar-refractivity contribution >= 4 is 50.7 Å². The van der Waals surface area contributed by atoms with Crippen LogP contribution in [0.25, 0.3) is 10.2 Å². The highest BCUT2D eigenvalue weighted by molar-refractivity contribution is 7.16. The van der Waals surface area contributed by atoms with Crippen molar-refractivity contribution in [1.29, 1.82) is 0 Å². The van der Waals surface area contributed by atoms with E-state index < -0.39 is 0 Å². The summed E-state index contributed by atoms with van der Waals surface area (Å²) >= 11 is 7.42. The largest absolute Gasteiger partial charge is 0.495 e. The SMILES string of the molecule is COc1ccc(Cl)cc1NC(=O)CN(C)C(=O)c1ccc2ncsc2c1. The Morgan fingerprint density at radius 1 is 1.27 bits per heavy atom. The van der Waals surface area contributed by atoms with Crippen LogP contribution in [0.3, 0.4) is 0 Å². The summed E-state index contributed by atoms with van der Waals surface area (Å²) in [5.41, 5.74) is 3.54. The zero-order valence-corrected chi connectivity index (χ0v) is 15.7. The number of nitrogens with one attached hydrogen (secondary N) is 1. The van der Waals surface area contributed by atoms with Gasteiger partial charge in [0.05, 0.1) is 35.1 Å². The van der Waals surface area contributed by atoms with Crippen LogP contribution < -0.4 is 10.1 Å². The maximum Gasteiger partial charge on any atom is 0.254 e. The number of rotatable bonds is 5. The Morgan fingerprint density at radius 2 is 2.08 bits per heavy atom. The maximum atomic E-state index is 12.6. The number of hydrogen-bond donors (Lipinski definition) is 1. The van der Waals surface area contributed by atoms with Gasteiger partial charge < -0.3 is 15.0 Å². The Balaban J connectivity index is 1.68. The molecule has 2 amide bonds. The van der Waals surface area contributed by atoms with Gasteiger partial charge in [-0.1, -0.05) is 11.6 Å². The molecule has 0 aliphatic carbocycles. The Morgan fingerprint density at radius 3 is 2.85 bits per heavy atom. The molecule has 1 heterocycles. The first-order valence-corrected chi connectivity index (χ1v) is 8.96. The van der Waals surface area contributed by atoms with Gasteiger partial charge in [0.1, 0.15) is 5.75 Å². The molecule has 0 bridgehead atoms. The fraction of sp³-hybridized carbons (Fsp3) is 0.167. The van der Waals surface area contributed by atoms with Crippen LogP contribution in [0, 0.1) is 0 Å². The molecule has 3 aromatic rings. The number of methoxy groups -OCH3 is 1. The third kappa shape index (κ3) is 3.95. The number of amides is 2. The molecule has 0 radical (unpaired) electrons. The van der Waals surface area contributed by atoms with Gasteiger partial charge in [0.2, 0.25) is 5.91 Å². The number of carbonyl (C=O) groups is 2. The molecule has 0 saturated carbocycles. The van der Waals surface area contributed by atoms with Gasteiger partial charge in [0, 0.05) is 17.6 Å². The molecular weight excluding hydrogens is 374 g/mol. The van der Waals surface area contributed by atoms with Crippen molar-refractivity contribution in [3.8, 4) is 5.75 Å². The van der Waals surface area contributed by atoms with E-state index in [9.17, 15) is 9.59 Å². The molecule has 26 heavy (non-hydrogen) atoms. The Bertz CT molecular complexity index is 973. The average molecular weight is 390 g/mol. The normalized spacial score (nSPS) is 10.6.